The minimum Gasteiger partial charge on any atom is -0.378 e. The lowest BCUT2D eigenvalue weighted by atomic mass is 10.1. The van der Waals surface area contributed by atoms with E-state index in [1.54, 1.807) is 0 Å². The van der Waals surface area contributed by atoms with E-state index in [-0.39, 0.29) is 17.9 Å². The lowest BCUT2D eigenvalue weighted by molar-refractivity contribution is -0.137. The van der Waals surface area contributed by atoms with Gasteiger partial charge in [-0.15, -0.1) is 0 Å². The van der Waals surface area contributed by atoms with Gasteiger partial charge in [0.25, 0.3) is 0 Å². The fraction of sp³-hybridized carbons (Fsp3) is 0.619. The molecule has 7 heteroatoms. The molecule has 2 amide bonds. The summed E-state index contributed by atoms with van der Waals surface area (Å²) >= 11 is 0. The largest absolute Gasteiger partial charge is 0.378 e. The molecular weight excluding hydrogens is 356 g/mol. The van der Waals surface area contributed by atoms with Gasteiger partial charge in [0.1, 0.15) is 0 Å². The fourth-order valence-corrected chi connectivity index (χ4v) is 3.87. The number of hydrogen-bond donors (Lipinski definition) is 0. The molecule has 0 aromatic heterocycles. The third kappa shape index (κ3) is 5.10. The van der Waals surface area contributed by atoms with Gasteiger partial charge >= 0.3 is 0 Å². The van der Waals surface area contributed by atoms with Gasteiger partial charge in [-0.25, -0.2) is 0 Å². The van der Waals surface area contributed by atoms with Crippen molar-refractivity contribution in [2.24, 2.45) is 0 Å². The van der Waals surface area contributed by atoms with Gasteiger partial charge in [-0.3, -0.25) is 19.4 Å². The highest BCUT2D eigenvalue weighted by atomic mass is 16.5. The van der Waals surface area contributed by atoms with Gasteiger partial charge in [-0.1, -0.05) is 18.2 Å². The molecule has 1 aromatic rings. The molecule has 3 rings (SSSR count). The molecule has 2 aliphatic heterocycles. The van der Waals surface area contributed by atoms with Gasteiger partial charge in [0.2, 0.25) is 11.8 Å². The third-order valence-electron chi connectivity index (χ3n) is 5.68. The zero-order chi connectivity index (χ0) is 19.9. The predicted molar refractivity (Wildman–Crippen MR) is 109 cm³/mol. The molecule has 0 bridgehead atoms. The first-order chi connectivity index (χ1) is 13.6. The highest BCUT2D eigenvalue weighted by Crippen LogP contribution is 2.17. The number of piperazine rings is 1. The van der Waals surface area contributed by atoms with Gasteiger partial charge in [-0.2, -0.15) is 0 Å². The second-order valence-corrected chi connectivity index (χ2v) is 7.40. The van der Waals surface area contributed by atoms with Crippen molar-refractivity contribution in [2.75, 3.05) is 70.5 Å². The van der Waals surface area contributed by atoms with Crippen LogP contribution in [-0.4, -0.2) is 98.1 Å². The zero-order valence-electron chi connectivity index (χ0n) is 17.0. The maximum atomic E-state index is 13.0. The highest BCUT2D eigenvalue weighted by molar-refractivity contribution is 5.96. The van der Waals surface area contributed by atoms with Crippen molar-refractivity contribution in [3.63, 3.8) is 0 Å². The molecule has 1 aromatic carbocycles. The van der Waals surface area contributed by atoms with E-state index in [2.05, 4.69) is 9.80 Å². The minimum absolute atomic E-state index is 0.131. The summed E-state index contributed by atoms with van der Waals surface area (Å²) in [6.45, 7) is 11.0. The molecule has 0 spiro atoms. The quantitative estimate of drug-likeness (QED) is 0.725. The molecule has 7 nitrogen and oxygen atoms in total. The second kappa shape index (κ2) is 10.0. The maximum Gasteiger partial charge on any atom is 0.244 e. The number of carbonyl (C=O) groups excluding carboxylic acids is 2. The molecule has 1 atom stereocenters. The first-order valence-corrected chi connectivity index (χ1v) is 10.3. The lowest BCUT2D eigenvalue weighted by Gasteiger charge is -2.39. The molecule has 2 aliphatic rings. The van der Waals surface area contributed by atoms with Crippen molar-refractivity contribution < 1.29 is 14.3 Å². The van der Waals surface area contributed by atoms with E-state index in [1.165, 1.54) is 0 Å². The van der Waals surface area contributed by atoms with Crippen LogP contribution in [0, 0.1) is 0 Å². The molecule has 0 radical (unpaired) electrons. The summed E-state index contributed by atoms with van der Waals surface area (Å²) in [5.41, 5.74) is 0.941. The van der Waals surface area contributed by atoms with Crippen LogP contribution in [0.3, 0.4) is 0 Å². The maximum absolute atomic E-state index is 13.0. The fourth-order valence-electron chi connectivity index (χ4n) is 3.87. The number of ether oxygens (including phenoxy) is 1. The van der Waals surface area contributed by atoms with E-state index in [9.17, 15) is 9.59 Å². The Hall–Kier alpha value is -1.96. The van der Waals surface area contributed by atoms with Crippen LogP contribution in [0.5, 0.6) is 0 Å². The smallest absolute Gasteiger partial charge is 0.244 e. The number of benzene rings is 1. The van der Waals surface area contributed by atoms with Gasteiger partial charge in [0, 0.05) is 51.5 Å². The first kappa shape index (κ1) is 20.8. The summed E-state index contributed by atoms with van der Waals surface area (Å²) in [7, 11) is 0. The molecule has 0 N–H and O–H groups in total. The first-order valence-electron chi connectivity index (χ1n) is 10.3. The minimum atomic E-state index is -0.169. The Labute approximate surface area is 167 Å². The van der Waals surface area contributed by atoms with Gasteiger partial charge < -0.3 is 14.5 Å². The SMILES string of the molecule is CCN(C(=O)C(C)N1CCN(CC(=O)N2CCOCC2)CC1)c1ccccc1. The van der Waals surface area contributed by atoms with E-state index >= 15 is 0 Å². The topological polar surface area (TPSA) is 56.3 Å². The van der Waals surface area contributed by atoms with E-state index in [4.69, 9.17) is 4.74 Å². The number of nitrogens with zero attached hydrogens (tertiary/aromatic N) is 4. The van der Waals surface area contributed by atoms with Gasteiger partial charge in [0.15, 0.2) is 0 Å². The van der Waals surface area contributed by atoms with E-state index in [0.29, 0.717) is 39.4 Å². The molecule has 0 saturated carbocycles. The van der Waals surface area contributed by atoms with Crippen molar-refractivity contribution in [1.82, 2.24) is 14.7 Å². The van der Waals surface area contributed by atoms with Crippen LogP contribution in [-0.2, 0) is 14.3 Å². The summed E-state index contributed by atoms with van der Waals surface area (Å²) in [6, 6.07) is 9.66. The van der Waals surface area contributed by atoms with Crippen LogP contribution in [0.15, 0.2) is 30.3 Å². The Morgan fingerprint density at radius 1 is 1.04 bits per heavy atom. The van der Waals surface area contributed by atoms with Crippen molar-refractivity contribution in [1.29, 1.82) is 0 Å². The Balaban J connectivity index is 1.49. The Morgan fingerprint density at radius 2 is 1.68 bits per heavy atom. The average Bonchev–Trinajstić information content (AvgIpc) is 2.75. The van der Waals surface area contributed by atoms with E-state index in [0.717, 1.165) is 31.9 Å². The molecule has 28 heavy (non-hydrogen) atoms. The Morgan fingerprint density at radius 3 is 2.29 bits per heavy atom. The van der Waals surface area contributed by atoms with Crippen molar-refractivity contribution >= 4 is 17.5 Å². The molecular formula is C21H32N4O3. The van der Waals surface area contributed by atoms with E-state index in [1.807, 2.05) is 54.0 Å². The number of hydrogen-bond acceptors (Lipinski definition) is 5. The number of likely N-dealkylation sites (N-methyl/N-ethyl adjacent to an activating group) is 1. The number of para-hydroxylation sites is 1. The van der Waals surface area contributed by atoms with Crippen LogP contribution in [0.1, 0.15) is 13.8 Å². The molecule has 2 saturated heterocycles. The molecule has 2 fully saturated rings. The van der Waals surface area contributed by atoms with Crippen molar-refractivity contribution in [2.45, 2.75) is 19.9 Å². The molecule has 1 unspecified atom stereocenters. The van der Waals surface area contributed by atoms with Crippen molar-refractivity contribution in [3.05, 3.63) is 30.3 Å². The number of amides is 2. The van der Waals surface area contributed by atoms with Crippen LogP contribution >= 0.6 is 0 Å². The number of anilines is 1. The average molecular weight is 389 g/mol. The third-order valence-corrected chi connectivity index (χ3v) is 5.68. The lowest BCUT2D eigenvalue weighted by Crippen LogP contribution is -2.56. The number of carbonyl (C=O) groups is 2. The second-order valence-electron chi connectivity index (χ2n) is 7.40. The van der Waals surface area contributed by atoms with Crippen LogP contribution in [0.2, 0.25) is 0 Å². The van der Waals surface area contributed by atoms with Gasteiger partial charge in [-0.05, 0) is 26.0 Å². The van der Waals surface area contributed by atoms with Crippen LogP contribution in [0.4, 0.5) is 5.69 Å². The summed E-state index contributed by atoms with van der Waals surface area (Å²) in [4.78, 5) is 33.6. The highest BCUT2D eigenvalue weighted by Gasteiger charge is 2.30. The number of rotatable bonds is 6. The summed E-state index contributed by atoms with van der Waals surface area (Å²) < 4.78 is 5.31. The van der Waals surface area contributed by atoms with Crippen molar-refractivity contribution in [3.8, 4) is 0 Å². The van der Waals surface area contributed by atoms with Crippen LogP contribution in [0.25, 0.3) is 0 Å². The predicted octanol–water partition coefficient (Wildman–Crippen LogP) is 0.904. The van der Waals surface area contributed by atoms with E-state index < -0.39 is 0 Å². The van der Waals surface area contributed by atoms with Gasteiger partial charge in [0.05, 0.1) is 25.8 Å². The summed E-state index contributed by atoms with van der Waals surface area (Å²) in [5.74, 6) is 0.314. The Bertz CT molecular complexity index is 640. The number of morpholine rings is 1. The standard InChI is InChI=1S/C21H32N4O3/c1-3-25(19-7-5-4-6-8-19)21(27)18(2)23-11-9-22(10-12-23)17-20(26)24-13-15-28-16-14-24/h4-8,18H,3,9-17H2,1-2H3. The Kier molecular flexibility index (Phi) is 7.42. The summed E-state index contributed by atoms with van der Waals surface area (Å²) in [6.07, 6.45) is 0. The normalized spacial score (nSPS) is 20.0. The molecule has 0 aliphatic carbocycles. The monoisotopic (exact) mass is 388 g/mol. The zero-order valence-corrected chi connectivity index (χ0v) is 17.0. The molecule has 154 valence electrons. The summed E-state index contributed by atoms with van der Waals surface area (Å²) in [5, 5.41) is 0. The molecule has 2 heterocycles. The van der Waals surface area contributed by atoms with Crippen LogP contribution < -0.4 is 4.90 Å².